The zero-order valence-electron chi connectivity index (χ0n) is 15.3. The van der Waals surface area contributed by atoms with Crippen LogP contribution in [0.4, 0.5) is 0 Å². The molecule has 3 N–H and O–H groups in total. The summed E-state index contributed by atoms with van der Waals surface area (Å²) in [6, 6.07) is 4.54. The van der Waals surface area contributed by atoms with Crippen LogP contribution in [0.1, 0.15) is 58.9 Å². The topological polar surface area (TPSA) is 60.7 Å². The standard InChI is InChI=1S/C21H30O3/c1-15(2)6-5-7-17(4)20(23)12-9-16(3)8-10-18-14-19(22)11-13-21(18)24/h6,8,11,13-14,22-24H,5,7,9-10,12H2,1-4H3. The Hall–Kier alpha value is -2.16. The molecule has 3 nitrogen and oxygen atoms in total. The second-order valence-electron chi connectivity index (χ2n) is 6.61. The summed E-state index contributed by atoms with van der Waals surface area (Å²) in [6.07, 6.45) is 8.04. The summed E-state index contributed by atoms with van der Waals surface area (Å²) in [7, 11) is 0. The molecule has 1 rings (SSSR count). The van der Waals surface area contributed by atoms with E-state index in [0.717, 1.165) is 30.4 Å². The Kier molecular flexibility index (Phi) is 8.17. The van der Waals surface area contributed by atoms with E-state index < -0.39 is 0 Å². The van der Waals surface area contributed by atoms with Gasteiger partial charge in [0.1, 0.15) is 11.5 Å². The molecule has 24 heavy (non-hydrogen) atoms. The minimum atomic E-state index is 0.154. The fourth-order valence-corrected chi connectivity index (χ4v) is 2.37. The number of aromatic hydroxyl groups is 2. The molecule has 0 unspecified atom stereocenters. The van der Waals surface area contributed by atoms with Gasteiger partial charge in [0.05, 0.1) is 5.76 Å². The zero-order chi connectivity index (χ0) is 18.1. The number of benzene rings is 1. The quantitative estimate of drug-likeness (QED) is 0.314. The smallest absolute Gasteiger partial charge is 0.119 e. The Morgan fingerprint density at radius 2 is 1.67 bits per heavy atom. The van der Waals surface area contributed by atoms with Crippen LogP contribution in [0.3, 0.4) is 0 Å². The maximum absolute atomic E-state index is 10.2. The van der Waals surface area contributed by atoms with Crippen molar-refractivity contribution in [3.63, 3.8) is 0 Å². The van der Waals surface area contributed by atoms with Crippen molar-refractivity contribution in [3.05, 3.63) is 58.4 Å². The summed E-state index contributed by atoms with van der Waals surface area (Å²) < 4.78 is 0. The number of aliphatic hydroxyl groups is 1. The second-order valence-corrected chi connectivity index (χ2v) is 6.61. The first-order valence-corrected chi connectivity index (χ1v) is 8.47. The minimum absolute atomic E-state index is 0.154. The lowest BCUT2D eigenvalue weighted by Crippen LogP contribution is -1.91. The van der Waals surface area contributed by atoms with E-state index in [1.165, 1.54) is 17.7 Å². The summed E-state index contributed by atoms with van der Waals surface area (Å²) in [4.78, 5) is 0. The molecular formula is C21H30O3. The molecule has 132 valence electrons. The number of hydrogen-bond donors (Lipinski definition) is 3. The maximum Gasteiger partial charge on any atom is 0.119 e. The highest BCUT2D eigenvalue weighted by molar-refractivity contribution is 5.39. The Balaban J connectivity index is 2.53. The average molecular weight is 330 g/mol. The summed E-state index contributed by atoms with van der Waals surface area (Å²) >= 11 is 0. The Morgan fingerprint density at radius 3 is 2.33 bits per heavy atom. The van der Waals surface area contributed by atoms with E-state index in [2.05, 4.69) is 19.9 Å². The van der Waals surface area contributed by atoms with Gasteiger partial charge in [-0.05, 0) is 77.2 Å². The normalized spacial score (nSPS) is 12.8. The van der Waals surface area contributed by atoms with Gasteiger partial charge in [0.2, 0.25) is 0 Å². The molecule has 1 aromatic rings. The van der Waals surface area contributed by atoms with Crippen LogP contribution >= 0.6 is 0 Å². The Bertz CT molecular complexity index is 632. The molecule has 0 amide bonds. The van der Waals surface area contributed by atoms with E-state index in [-0.39, 0.29) is 11.5 Å². The van der Waals surface area contributed by atoms with Gasteiger partial charge in [-0.25, -0.2) is 0 Å². The van der Waals surface area contributed by atoms with E-state index in [0.29, 0.717) is 24.2 Å². The van der Waals surface area contributed by atoms with Gasteiger partial charge in [0, 0.05) is 12.0 Å². The highest BCUT2D eigenvalue weighted by atomic mass is 16.3. The van der Waals surface area contributed by atoms with Gasteiger partial charge in [0.25, 0.3) is 0 Å². The van der Waals surface area contributed by atoms with Crippen molar-refractivity contribution in [1.82, 2.24) is 0 Å². The molecule has 0 saturated heterocycles. The lowest BCUT2D eigenvalue weighted by Gasteiger charge is -2.07. The molecule has 0 atom stereocenters. The first kappa shape index (κ1) is 19.9. The average Bonchev–Trinajstić information content (AvgIpc) is 2.52. The van der Waals surface area contributed by atoms with Crippen LogP contribution in [0.25, 0.3) is 0 Å². The molecule has 0 fully saturated rings. The zero-order valence-corrected chi connectivity index (χ0v) is 15.3. The van der Waals surface area contributed by atoms with Crippen molar-refractivity contribution in [1.29, 1.82) is 0 Å². The third-order valence-electron chi connectivity index (χ3n) is 4.05. The molecule has 0 aliphatic heterocycles. The molecule has 0 aliphatic rings. The van der Waals surface area contributed by atoms with Gasteiger partial charge in [0.15, 0.2) is 0 Å². The fourth-order valence-electron chi connectivity index (χ4n) is 2.37. The molecular weight excluding hydrogens is 300 g/mol. The first-order valence-electron chi connectivity index (χ1n) is 8.47. The van der Waals surface area contributed by atoms with Crippen LogP contribution in [0, 0.1) is 0 Å². The van der Waals surface area contributed by atoms with Crippen molar-refractivity contribution in [3.8, 4) is 11.5 Å². The van der Waals surface area contributed by atoms with E-state index >= 15 is 0 Å². The van der Waals surface area contributed by atoms with Crippen LogP contribution < -0.4 is 0 Å². The number of rotatable bonds is 8. The van der Waals surface area contributed by atoms with Gasteiger partial charge in [-0.1, -0.05) is 23.3 Å². The summed E-state index contributed by atoms with van der Waals surface area (Å²) in [5.74, 6) is 0.821. The van der Waals surface area contributed by atoms with E-state index in [1.807, 2.05) is 19.9 Å². The fraction of sp³-hybridized carbons (Fsp3) is 0.429. The van der Waals surface area contributed by atoms with E-state index in [9.17, 15) is 15.3 Å². The highest BCUT2D eigenvalue weighted by Gasteiger charge is 2.03. The van der Waals surface area contributed by atoms with Gasteiger partial charge < -0.3 is 15.3 Å². The summed E-state index contributed by atoms with van der Waals surface area (Å²) in [5, 5.41) is 29.4. The van der Waals surface area contributed by atoms with Crippen LogP contribution in [0.5, 0.6) is 11.5 Å². The third kappa shape index (κ3) is 7.40. The van der Waals surface area contributed by atoms with Crippen LogP contribution in [-0.4, -0.2) is 15.3 Å². The minimum Gasteiger partial charge on any atom is -0.512 e. The van der Waals surface area contributed by atoms with Crippen molar-refractivity contribution in [2.24, 2.45) is 0 Å². The Morgan fingerprint density at radius 1 is 0.958 bits per heavy atom. The monoisotopic (exact) mass is 330 g/mol. The van der Waals surface area contributed by atoms with E-state index in [1.54, 1.807) is 6.07 Å². The molecule has 1 aromatic carbocycles. The molecule has 0 heterocycles. The first-order chi connectivity index (χ1) is 11.3. The van der Waals surface area contributed by atoms with E-state index in [4.69, 9.17) is 0 Å². The van der Waals surface area contributed by atoms with Crippen molar-refractivity contribution in [2.45, 2.75) is 59.8 Å². The predicted molar refractivity (Wildman–Crippen MR) is 100 cm³/mol. The SMILES string of the molecule is CC(C)=CCCC(C)=C(O)CCC(C)=CCc1cc(O)ccc1O. The number of hydrogen-bond acceptors (Lipinski definition) is 3. The van der Waals surface area contributed by atoms with Crippen LogP contribution in [0.2, 0.25) is 0 Å². The Labute approximate surface area is 145 Å². The van der Waals surface area contributed by atoms with Crippen molar-refractivity contribution < 1.29 is 15.3 Å². The highest BCUT2D eigenvalue weighted by Crippen LogP contribution is 2.24. The van der Waals surface area contributed by atoms with Gasteiger partial charge in [-0.15, -0.1) is 0 Å². The lowest BCUT2D eigenvalue weighted by molar-refractivity contribution is 0.378. The molecule has 0 saturated carbocycles. The number of allylic oxidation sites excluding steroid dienone is 6. The number of aliphatic hydroxyl groups excluding tert-OH is 1. The molecule has 0 aliphatic carbocycles. The van der Waals surface area contributed by atoms with Gasteiger partial charge >= 0.3 is 0 Å². The lowest BCUT2D eigenvalue weighted by atomic mass is 10.0. The largest absolute Gasteiger partial charge is 0.512 e. The number of phenolic OH excluding ortho intramolecular Hbond substituents is 2. The molecule has 0 spiro atoms. The predicted octanol–water partition coefficient (Wildman–Crippen LogP) is 5.95. The van der Waals surface area contributed by atoms with Gasteiger partial charge in [-0.2, -0.15) is 0 Å². The second kappa shape index (κ2) is 9.86. The molecule has 0 radical (unpaired) electrons. The van der Waals surface area contributed by atoms with Crippen LogP contribution in [-0.2, 0) is 6.42 Å². The summed E-state index contributed by atoms with van der Waals surface area (Å²) in [6.45, 7) is 8.16. The van der Waals surface area contributed by atoms with Crippen LogP contribution in [0.15, 0.2) is 52.8 Å². The molecule has 0 aromatic heterocycles. The van der Waals surface area contributed by atoms with Gasteiger partial charge in [-0.3, -0.25) is 0 Å². The molecule has 3 heteroatoms. The van der Waals surface area contributed by atoms with Crippen molar-refractivity contribution in [2.75, 3.05) is 0 Å². The summed E-state index contributed by atoms with van der Waals surface area (Å²) in [5.41, 5.74) is 4.20. The molecule has 0 bridgehead atoms. The van der Waals surface area contributed by atoms with Crippen molar-refractivity contribution >= 4 is 0 Å². The third-order valence-corrected chi connectivity index (χ3v) is 4.05. The number of phenols is 2. The maximum atomic E-state index is 10.2.